The van der Waals surface area contributed by atoms with E-state index >= 15 is 0 Å². The molecule has 0 bridgehead atoms. The molecule has 8 heteroatoms. The van der Waals surface area contributed by atoms with Crippen molar-refractivity contribution in [3.05, 3.63) is 0 Å². The third-order valence-electron chi connectivity index (χ3n) is 14.1. The maximum atomic E-state index is 12.7. The summed E-state index contributed by atoms with van der Waals surface area (Å²) in [6.45, 7) is 15.1. The van der Waals surface area contributed by atoms with Gasteiger partial charge in [-0.1, -0.05) is 97.8 Å². The van der Waals surface area contributed by atoms with Crippen LogP contribution in [0.2, 0.25) is 0 Å². The molecular weight excluding hydrogens is 668 g/mol. The first kappa shape index (κ1) is 45.3. The first-order valence-electron chi connectivity index (χ1n) is 21.9. The van der Waals surface area contributed by atoms with E-state index in [-0.39, 0.29) is 42.7 Å². The van der Waals surface area contributed by atoms with Gasteiger partial charge in [-0.25, -0.2) is 9.59 Å². The molecular formula is C45H78O8. The summed E-state index contributed by atoms with van der Waals surface area (Å²) in [6, 6.07) is 0. The minimum atomic E-state index is -0.561. The van der Waals surface area contributed by atoms with Crippen molar-refractivity contribution in [1.82, 2.24) is 0 Å². The largest absolute Gasteiger partial charge is 0.456 e. The van der Waals surface area contributed by atoms with Crippen LogP contribution < -0.4 is 0 Å². The van der Waals surface area contributed by atoms with Crippen molar-refractivity contribution in [3.63, 3.8) is 0 Å². The molecule has 0 heterocycles. The van der Waals surface area contributed by atoms with Crippen LogP contribution in [0.5, 0.6) is 0 Å². The van der Waals surface area contributed by atoms with Gasteiger partial charge in [-0.2, -0.15) is 0 Å². The van der Waals surface area contributed by atoms with E-state index in [0.29, 0.717) is 36.5 Å². The lowest BCUT2D eigenvalue weighted by atomic mass is 9.65. The van der Waals surface area contributed by atoms with E-state index in [4.69, 9.17) is 18.9 Å². The highest BCUT2D eigenvalue weighted by Gasteiger charge is 2.48. The highest BCUT2D eigenvalue weighted by atomic mass is 16.6. The molecule has 0 radical (unpaired) electrons. The number of rotatable bonds is 15. The second-order valence-corrected chi connectivity index (χ2v) is 18.4. The van der Waals surface area contributed by atoms with Crippen molar-refractivity contribution in [3.8, 4) is 0 Å². The second-order valence-electron chi connectivity index (χ2n) is 18.4. The number of carbonyl (C=O) groups excluding carboxylic acids is 4. The smallest absolute Gasteiger partial charge is 0.344 e. The molecule has 4 aliphatic carbocycles. The first-order chi connectivity index (χ1) is 25.1. The van der Waals surface area contributed by atoms with Gasteiger partial charge >= 0.3 is 23.9 Å². The van der Waals surface area contributed by atoms with E-state index in [0.717, 1.165) is 57.8 Å². The van der Waals surface area contributed by atoms with Crippen molar-refractivity contribution in [2.45, 2.75) is 214 Å². The summed E-state index contributed by atoms with van der Waals surface area (Å²) in [7, 11) is 0. The lowest BCUT2D eigenvalue weighted by Gasteiger charge is -2.48. The van der Waals surface area contributed by atoms with Crippen LogP contribution in [-0.4, -0.2) is 48.3 Å². The third-order valence-corrected chi connectivity index (χ3v) is 14.1. The van der Waals surface area contributed by atoms with Gasteiger partial charge < -0.3 is 18.9 Å². The van der Waals surface area contributed by atoms with E-state index < -0.39 is 16.4 Å². The molecule has 0 aromatic rings. The van der Waals surface area contributed by atoms with Crippen LogP contribution in [0.3, 0.4) is 0 Å². The SMILES string of the molecule is CCC(C)(C)C(=O)OCC(=O)OC(C)(C1CCCCC1)C1CCCCC1.CCC(C)(C)C(=O)OCC(=O)OC(CC)(C1CCCCC1)C1CCCCC1. The Balaban J connectivity index is 0.000000286. The van der Waals surface area contributed by atoms with Crippen LogP contribution in [0.4, 0.5) is 0 Å². The van der Waals surface area contributed by atoms with Gasteiger partial charge in [0, 0.05) is 0 Å². The maximum absolute atomic E-state index is 12.7. The monoisotopic (exact) mass is 747 g/mol. The van der Waals surface area contributed by atoms with Crippen molar-refractivity contribution in [2.24, 2.45) is 34.5 Å². The van der Waals surface area contributed by atoms with E-state index in [1.807, 2.05) is 41.5 Å². The normalized spacial score (nSPS) is 20.5. The van der Waals surface area contributed by atoms with Crippen molar-refractivity contribution >= 4 is 23.9 Å². The quantitative estimate of drug-likeness (QED) is 0.120. The van der Waals surface area contributed by atoms with Gasteiger partial charge in [-0.15, -0.1) is 0 Å². The minimum absolute atomic E-state index is 0.260. The van der Waals surface area contributed by atoms with Crippen LogP contribution in [0, 0.1) is 34.5 Å². The zero-order valence-electron chi connectivity index (χ0n) is 35.3. The molecule has 0 saturated heterocycles. The Labute approximate surface area is 323 Å². The topological polar surface area (TPSA) is 105 Å². The molecule has 4 saturated carbocycles. The average Bonchev–Trinajstić information content (AvgIpc) is 3.19. The predicted molar refractivity (Wildman–Crippen MR) is 210 cm³/mol. The number of hydrogen-bond acceptors (Lipinski definition) is 8. The standard InChI is InChI=1S/C23H40O4.C22H38O4/c1-5-22(3,4)21(25)26-17-20(24)27-23(6-2,18-13-9-7-10-14-18)19-15-11-8-12-16-19;1-5-21(2,3)20(24)25-16-19(23)26-22(4,17-12-8-6-9-13-17)18-14-10-7-11-15-18/h18-19H,5-17H2,1-4H3;17-18H,5-16H2,1-4H3. The van der Waals surface area contributed by atoms with Gasteiger partial charge in [0.05, 0.1) is 10.8 Å². The molecule has 0 unspecified atom stereocenters. The molecule has 0 aromatic carbocycles. The third kappa shape index (κ3) is 12.7. The highest BCUT2D eigenvalue weighted by Crippen LogP contribution is 2.48. The summed E-state index contributed by atoms with van der Waals surface area (Å²) in [6.07, 6.45) is 26.4. The summed E-state index contributed by atoms with van der Waals surface area (Å²) in [5.74, 6) is 0.375. The Morgan fingerprint density at radius 3 is 1.04 bits per heavy atom. The summed E-state index contributed by atoms with van der Waals surface area (Å²) in [4.78, 5) is 49.6. The van der Waals surface area contributed by atoms with E-state index in [1.54, 1.807) is 0 Å². The van der Waals surface area contributed by atoms with Crippen LogP contribution in [0.25, 0.3) is 0 Å². The van der Waals surface area contributed by atoms with Crippen molar-refractivity contribution in [1.29, 1.82) is 0 Å². The lowest BCUT2D eigenvalue weighted by Crippen LogP contribution is -2.50. The summed E-state index contributed by atoms with van der Waals surface area (Å²) in [5, 5.41) is 0. The van der Waals surface area contributed by atoms with Gasteiger partial charge in [0.15, 0.2) is 13.2 Å². The predicted octanol–water partition coefficient (Wildman–Crippen LogP) is 11.2. The molecule has 8 nitrogen and oxygen atoms in total. The summed E-state index contributed by atoms with van der Waals surface area (Å²) in [5.41, 5.74) is -1.90. The molecule has 0 aliphatic heterocycles. The van der Waals surface area contributed by atoms with Gasteiger partial charge in [0.2, 0.25) is 0 Å². The minimum Gasteiger partial charge on any atom is -0.456 e. The van der Waals surface area contributed by atoms with E-state index in [9.17, 15) is 19.2 Å². The molecule has 4 fully saturated rings. The zero-order chi connectivity index (χ0) is 39.1. The van der Waals surface area contributed by atoms with Crippen molar-refractivity contribution in [2.75, 3.05) is 13.2 Å². The highest BCUT2D eigenvalue weighted by molar-refractivity contribution is 5.80. The van der Waals surface area contributed by atoms with E-state index in [1.165, 1.54) is 77.0 Å². The van der Waals surface area contributed by atoms with Crippen LogP contribution in [0.1, 0.15) is 203 Å². The van der Waals surface area contributed by atoms with Crippen LogP contribution in [0.15, 0.2) is 0 Å². The van der Waals surface area contributed by atoms with Crippen molar-refractivity contribution < 1.29 is 38.1 Å². The Hall–Kier alpha value is -2.12. The first-order valence-corrected chi connectivity index (χ1v) is 21.9. The number of ether oxygens (including phenoxy) is 4. The Kier molecular flexibility index (Phi) is 18.2. The Morgan fingerprint density at radius 1 is 0.434 bits per heavy atom. The Bertz CT molecular complexity index is 1100. The zero-order valence-corrected chi connectivity index (χ0v) is 35.3. The fourth-order valence-electron chi connectivity index (χ4n) is 9.63. The number of hydrogen-bond donors (Lipinski definition) is 0. The summed E-state index contributed by atoms with van der Waals surface area (Å²) < 4.78 is 22.9. The molecule has 306 valence electrons. The molecule has 53 heavy (non-hydrogen) atoms. The lowest BCUT2D eigenvalue weighted by molar-refractivity contribution is -0.190. The molecule has 0 N–H and O–H groups in total. The molecule has 0 amide bonds. The van der Waals surface area contributed by atoms with Crippen LogP contribution >= 0.6 is 0 Å². The molecule has 0 spiro atoms. The fraction of sp³-hybridized carbons (Fsp3) is 0.911. The molecule has 4 rings (SSSR count). The number of carbonyl (C=O) groups is 4. The molecule has 0 aromatic heterocycles. The summed E-state index contributed by atoms with van der Waals surface area (Å²) >= 11 is 0. The van der Waals surface area contributed by atoms with Crippen LogP contribution in [-0.2, 0) is 38.1 Å². The molecule has 0 atom stereocenters. The van der Waals surface area contributed by atoms with E-state index in [2.05, 4.69) is 13.8 Å². The Morgan fingerprint density at radius 2 is 0.736 bits per heavy atom. The van der Waals surface area contributed by atoms with Gasteiger partial charge in [-0.3, -0.25) is 9.59 Å². The fourth-order valence-corrected chi connectivity index (χ4v) is 9.63. The van der Waals surface area contributed by atoms with Gasteiger partial charge in [0.25, 0.3) is 0 Å². The van der Waals surface area contributed by atoms with Gasteiger partial charge in [-0.05, 0) is 129 Å². The van der Waals surface area contributed by atoms with Gasteiger partial charge in [0.1, 0.15) is 11.2 Å². The second kappa shape index (κ2) is 21.3. The number of esters is 4. The maximum Gasteiger partial charge on any atom is 0.344 e. The average molecular weight is 747 g/mol. The molecule has 4 aliphatic rings.